The van der Waals surface area contributed by atoms with Crippen LogP contribution in [0.15, 0.2) is 47.4 Å². The molecule has 0 atom stereocenters. The average molecular weight is 276 g/mol. The van der Waals surface area contributed by atoms with E-state index in [0.717, 1.165) is 10.5 Å². The van der Waals surface area contributed by atoms with Gasteiger partial charge in [0, 0.05) is 22.3 Å². The highest BCUT2D eigenvalue weighted by molar-refractivity contribution is 7.98. The van der Waals surface area contributed by atoms with E-state index in [4.69, 9.17) is 9.47 Å². The van der Waals surface area contributed by atoms with Crippen molar-refractivity contribution in [2.75, 3.05) is 14.2 Å². The van der Waals surface area contributed by atoms with Gasteiger partial charge in [0.2, 0.25) is 0 Å². The summed E-state index contributed by atoms with van der Waals surface area (Å²) < 4.78 is 10.4. The smallest absolute Gasteiger partial charge is 0.164 e. The monoisotopic (exact) mass is 276 g/mol. The number of rotatable bonds is 5. The minimum absolute atomic E-state index is 0.223. The third-order valence-corrected chi connectivity index (χ3v) is 3.78. The van der Waals surface area contributed by atoms with Crippen LogP contribution in [0.1, 0.15) is 5.56 Å². The van der Waals surface area contributed by atoms with Gasteiger partial charge in [-0.15, -0.1) is 11.8 Å². The number of ether oxygens (including phenoxy) is 2. The van der Waals surface area contributed by atoms with Crippen LogP contribution in [0.4, 0.5) is 0 Å². The predicted octanol–water partition coefficient (Wildman–Crippen LogP) is 3.70. The Bertz CT molecular complexity index is 541. The molecule has 2 aromatic rings. The van der Waals surface area contributed by atoms with Crippen molar-refractivity contribution >= 4 is 11.8 Å². The zero-order chi connectivity index (χ0) is 13.7. The fourth-order valence-corrected chi connectivity index (χ4v) is 2.61. The number of phenolic OH excluding ortho intramolecular Hbond substituents is 1. The molecule has 3 nitrogen and oxygen atoms in total. The van der Waals surface area contributed by atoms with Gasteiger partial charge in [0.15, 0.2) is 11.5 Å². The van der Waals surface area contributed by atoms with Crippen LogP contribution in [0.5, 0.6) is 17.2 Å². The molecule has 0 bridgehead atoms. The van der Waals surface area contributed by atoms with Gasteiger partial charge in [0.05, 0.1) is 14.2 Å². The number of phenols is 1. The minimum Gasteiger partial charge on any atom is -0.507 e. The second kappa shape index (κ2) is 6.38. The summed E-state index contributed by atoms with van der Waals surface area (Å²) in [6, 6.07) is 13.5. The van der Waals surface area contributed by atoms with Crippen LogP contribution in [0, 0.1) is 0 Å². The van der Waals surface area contributed by atoms with E-state index in [9.17, 15) is 5.11 Å². The van der Waals surface area contributed by atoms with Crippen molar-refractivity contribution in [2.45, 2.75) is 10.6 Å². The van der Waals surface area contributed by atoms with Crippen molar-refractivity contribution in [2.24, 2.45) is 0 Å². The SMILES string of the molecule is COc1cc(O)c(CSc2ccccc2)cc1OC. The number of benzene rings is 2. The van der Waals surface area contributed by atoms with E-state index in [0.29, 0.717) is 17.3 Å². The predicted molar refractivity (Wildman–Crippen MR) is 77.2 cm³/mol. The summed E-state index contributed by atoms with van der Waals surface area (Å²) in [5, 5.41) is 9.97. The van der Waals surface area contributed by atoms with Gasteiger partial charge >= 0.3 is 0 Å². The molecule has 0 saturated carbocycles. The minimum atomic E-state index is 0.223. The van der Waals surface area contributed by atoms with Crippen LogP contribution in [0.25, 0.3) is 0 Å². The Labute approximate surface area is 117 Å². The van der Waals surface area contributed by atoms with Crippen LogP contribution < -0.4 is 9.47 Å². The number of hydrogen-bond acceptors (Lipinski definition) is 4. The van der Waals surface area contributed by atoms with Gasteiger partial charge in [0.25, 0.3) is 0 Å². The Kier molecular flexibility index (Phi) is 4.58. The maximum atomic E-state index is 9.97. The summed E-state index contributed by atoms with van der Waals surface area (Å²) in [6.07, 6.45) is 0. The van der Waals surface area contributed by atoms with Gasteiger partial charge in [0.1, 0.15) is 5.75 Å². The van der Waals surface area contributed by atoms with E-state index in [-0.39, 0.29) is 5.75 Å². The highest BCUT2D eigenvalue weighted by Gasteiger charge is 2.10. The van der Waals surface area contributed by atoms with Gasteiger partial charge in [-0.2, -0.15) is 0 Å². The Morgan fingerprint density at radius 1 is 1.00 bits per heavy atom. The zero-order valence-electron chi connectivity index (χ0n) is 10.9. The van der Waals surface area contributed by atoms with Crippen molar-refractivity contribution in [1.82, 2.24) is 0 Å². The van der Waals surface area contributed by atoms with Crippen LogP contribution in [0.3, 0.4) is 0 Å². The standard InChI is InChI=1S/C15H16O3S/c1-17-14-8-11(13(16)9-15(14)18-2)10-19-12-6-4-3-5-7-12/h3-9,16H,10H2,1-2H3. The third-order valence-electron chi connectivity index (χ3n) is 2.72. The van der Waals surface area contributed by atoms with Crippen molar-refractivity contribution in [3.63, 3.8) is 0 Å². The van der Waals surface area contributed by atoms with Crippen molar-refractivity contribution in [3.8, 4) is 17.2 Å². The average Bonchev–Trinajstić information content (AvgIpc) is 2.46. The van der Waals surface area contributed by atoms with Crippen molar-refractivity contribution in [3.05, 3.63) is 48.0 Å². The van der Waals surface area contributed by atoms with Gasteiger partial charge in [-0.3, -0.25) is 0 Å². The molecule has 0 fully saturated rings. The van der Waals surface area contributed by atoms with Gasteiger partial charge in [-0.1, -0.05) is 18.2 Å². The molecule has 0 amide bonds. The van der Waals surface area contributed by atoms with Crippen LogP contribution in [-0.2, 0) is 5.75 Å². The van der Waals surface area contributed by atoms with E-state index in [1.807, 2.05) is 36.4 Å². The first-order valence-electron chi connectivity index (χ1n) is 5.86. The molecule has 0 aromatic heterocycles. The maximum absolute atomic E-state index is 9.97. The molecule has 2 aromatic carbocycles. The lowest BCUT2D eigenvalue weighted by molar-refractivity contribution is 0.350. The van der Waals surface area contributed by atoms with E-state index in [2.05, 4.69) is 0 Å². The number of hydrogen-bond donors (Lipinski definition) is 1. The van der Waals surface area contributed by atoms with E-state index in [1.54, 1.807) is 32.0 Å². The number of thioether (sulfide) groups is 1. The second-order valence-corrected chi connectivity index (χ2v) is 4.99. The molecule has 0 aliphatic rings. The Hall–Kier alpha value is -1.81. The number of aromatic hydroxyl groups is 1. The largest absolute Gasteiger partial charge is 0.507 e. The molecule has 0 heterocycles. The quantitative estimate of drug-likeness (QED) is 0.845. The summed E-state index contributed by atoms with van der Waals surface area (Å²) >= 11 is 1.66. The molecule has 100 valence electrons. The number of methoxy groups -OCH3 is 2. The summed E-state index contributed by atoms with van der Waals surface area (Å²) in [4.78, 5) is 1.16. The van der Waals surface area contributed by atoms with E-state index >= 15 is 0 Å². The molecule has 0 spiro atoms. The molecule has 0 radical (unpaired) electrons. The Balaban J connectivity index is 2.16. The first-order chi connectivity index (χ1) is 9.24. The van der Waals surface area contributed by atoms with Gasteiger partial charge < -0.3 is 14.6 Å². The fourth-order valence-electron chi connectivity index (χ4n) is 1.70. The summed E-state index contributed by atoms with van der Waals surface area (Å²) in [5.74, 6) is 2.06. The van der Waals surface area contributed by atoms with Crippen LogP contribution >= 0.6 is 11.8 Å². The second-order valence-electron chi connectivity index (χ2n) is 3.94. The van der Waals surface area contributed by atoms with E-state index in [1.165, 1.54) is 0 Å². The molecule has 2 rings (SSSR count). The van der Waals surface area contributed by atoms with Crippen molar-refractivity contribution in [1.29, 1.82) is 0 Å². The highest BCUT2D eigenvalue weighted by Crippen LogP contribution is 2.36. The molecular formula is C15H16O3S. The Morgan fingerprint density at radius 2 is 1.63 bits per heavy atom. The first-order valence-corrected chi connectivity index (χ1v) is 6.85. The normalized spacial score (nSPS) is 10.2. The van der Waals surface area contributed by atoms with Crippen LogP contribution in [0.2, 0.25) is 0 Å². The topological polar surface area (TPSA) is 38.7 Å². The van der Waals surface area contributed by atoms with Crippen molar-refractivity contribution < 1.29 is 14.6 Å². The lowest BCUT2D eigenvalue weighted by Crippen LogP contribution is -1.92. The van der Waals surface area contributed by atoms with E-state index < -0.39 is 0 Å². The molecule has 0 saturated heterocycles. The lowest BCUT2D eigenvalue weighted by Gasteiger charge is -2.11. The molecule has 4 heteroatoms. The lowest BCUT2D eigenvalue weighted by atomic mass is 10.2. The van der Waals surface area contributed by atoms with Gasteiger partial charge in [-0.25, -0.2) is 0 Å². The first kappa shape index (κ1) is 13.6. The molecule has 0 aliphatic heterocycles. The van der Waals surface area contributed by atoms with Gasteiger partial charge in [-0.05, 0) is 18.2 Å². The fraction of sp³-hybridized carbons (Fsp3) is 0.200. The molecule has 0 aliphatic carbocycles. The third kappa shape index (κ3) is 3.35. The molecular weight excluding hydrogens is 260 g/mol. The van der Waals surface area contributed by atoms with Crippen LogP contribution in [-0.4, -0.2) is 19.3 Å². The summed E-state index contributed by atoms with van der Waals surface area (Å²) in [6.45, 7) is 0. The highest BCUT2D eigenvalue weighted by atomic mass is 32.2. The summed E-state index contributed by atoms with van der Waals surface area (Å²) in [7, 11) is 3.14. The molecule has 19 heavy (non-hydrogen) atoms. The molecule has 1 N–H and O–H groups in total. The zero-order valence-corrected chi connectivity index (χ0v) is 11.7. The Morgan fingerprint density at radius 3 is 2.26 bits per heavy atom. The maximum Gasteiger partial charge on any atom is 0.164 e. The summed E-state index contributed by atoms with van der Waals surface area (Å²) in [5.41, 5.74) is 0.825. The molecule has 0 unspecified atom stereocenters.